The molecule has 0 amide bonds. The molecule has 2 rings (SSSR count). The summed E-state index contributed by atoms with van der Waals surface area (Å²) in [5.41, 5.74) is 0.443. The third-order valence-electron chi connectivity index (χ3n) is 2.92. The molecule has 88 valence electrons. The number of benzene rings is 1. The summed E-state index contributed by atoms with van der Waals surface area (Å²) in [4.78, 5) is 0. The van der Waals surface area contributed by atoms with Gasteiger partial charge < -0.3 is 14.6 Å². The molecule has 1 aromatic carbocycles. The van der Waals surface area contributed by atoms with Gasteiger partial charge in [-0.2, -0.15) is 0 Å². The highest BCUT2D eigenvalue weighted by Crippen LogP contribution is 2.22. The molecule has 3 heteroatoms. The maximum absolute atomic E-state index is 10.2. The first-order chi connectivity index (χ1) is 7.68. The fourth-order valence-corrected chi connectivity index (χ4v) is 1.82. The molecule has 0 aliphatic carbocycles. The zero-order chi connectivity index (χ0) is 11.4. The zero-order valence-corrected chi connectivity index (χ0v) is 9.61. The van der Waals surface area contributed by atoms with Gasteiger partial charge in [-0.1, -0.05) is 12.1 Å². The number of rotatable bonds is 3. The first kappa shape index (κ1) is 11.4. The highest BCUT2D eigenvalue weighted by atomic mass is 16.5. The second kappa shape index (κ2) is 4.85. The van der Waals surface area contributed by atoms with E-state index in [2.05, 4.69) is 0 Å². The Morgan fingerprint density at radius 3 is 2.81 bits per heavy atom. The van der Waals surface area contributed by atoms with Crippen LogP contribution in [0.15, 0.2) is 24.3 Å². The topological polar surface area (TPSA) is 38.7 Å². The van der Waals surface area contributed by atoms with Crippen LogP contribution in [0.25, 0.3) is 0 Å². The standard InChI is InChI=1S/C13H18O3/c1-11-3-2-4-12(9-11)16-10-13(14)5-7-15-8-6-13/h2-4,9,14H,5-8,10H2,1H3. The predicted molar refractivity (Wildman–Crippen MR) is 61.7 cm³/mol. The molecule has 1 N–H and O–H groups in total. The van der Waals surface area contributed by atoms with Crippen molar-refractivity contribution in [3.8, 4) is 5.75 Å². The highest BCUT2D eigenvalue weighted by Gasteiger charge is 2.30. The average molecular weight is 222 g/mol. The second-order valence-corrected chi connectivity index (χ2v) is 4.44. The minimum absolute atomic E-state index is 0.347. The average Bonchev–Trinajstić information content (AvgIpc) is 2.28. The van der Waals surface area contributed by atoms with E-state index < -0.39 is 5.60 Å². The van der Waals surface area contributed by atoms with Crippen molar-refractivity contribution >= 4 is 0 Å². The third-order valence-corrected chi connectivity index (χ3v) is 2.92. The van der Waals surface area contributed by atoms with Crippen molar-refractivity contribution in [2.75, 3.05) is 19.8 Å². The van der Waals surface area contributed by atoms with Crippen molar-refractivity contribution in [2.24, 2.45) is 0 Å². The van der Waals surface area contributed by atoms with Crippen LogP contribution in [0.1, 0.15) is 18.4 Å². The van der Waals surface area contributed by atoms with E-state index in [0.717, 1.165) is 11.3 Å². The first-order valence-corrected chi connectivity index (χ1v) is 5.68. The van der Waals surface area contributed by atoms with Gasteiger partial charge in [0.1, 0.15) is 18.0 Å². The van der Waals surface area contributed by atoms with Crippen molar-refractivity contribution in [1.29, 1.82) is 0 Å². The lowest BCUT2D eigenvalue weighted by Crippen LogP contribution is -2.41. The van der Waals surface area contributed by atoms with Crippen LogP contribution in [-0.4, -0.2) is 30.5 Å². The Labute approximate surface area is 96.0 Å². The number of hydrogen-bond acceptors (Lipinski definition) is 3. The largest absolute Gasteiger partial charge is 0.491 e. The van der Waals surface area contributed by atoms with Gasteiger partial charge in [0.15, 0.2) is 0 Å². The molecular weight excluding hydrogens is 204 g/mol. The number of ether oxygens (including phenoxy) is 2. The van der Waals surface area contributed by atoms with Crippen LogP contribution in [0.2, 0.25) is 0 Å². The maximum Gasteiger partial charge on any atom is 0.119 e. The van der Waals surface area contributed by atoms with Crippen LogP contribution >= 0.6 is 0 Å². The van der Waals surface area contributed by atoms with E-state index in [1.54, 1.807) is 0 Å². The van der Waals surface area contributed by atoms with Crippen LogP contribution in [0.4, 0.5) is 0 Å². The van der Waals surface area contributed by atoms with Gasteiger partial charge >= 0.3 is 0 Å². The first-order valence-electron chi connectivity index (χ1n) is 5.68. The van der Waals surface area contributed by atoms with Crippen LogP contribution in [0, 0.1) is 6.92 Å². The Kier molecular flexibility index (Phi) is 3.46. The van der Waals surface area contributed by atoms with Crippen molar-refractivity contribution in [2.45, 2.75) is 25.4 Å². The fourth-order valence-electron chi connectivity index (χ4n) is 1.82. The van der Waals surface area contributed by atoms with Crippen molar-refractivity contribution in [3.05, 3.63) is 29.8 Å². The minimum Gasteiger partial charge on any atom is -0.491 e. The normalized spacial score (nSPS) is 19.4. The van der Waals surface area contributed by atoms with E-state index in [-0.39, 0.29) is 0 Å². The monoisotopic (exact) mass is 222 g/mol. The zero-order valence-electron chi connectivity index (χ0n) is 9.61. The quantitative estimate of drug-likeness (QED) is 0.849. The minimum atomic E-state index is -0.720. The van der Waals surface area contributed by atoms with Crippen molar-refractivity contribution < 1.29 is 14.6 Å². The number of hydrogen-bond donors (Lipinski definition) is 1. The van der Waals surface area contributed by atoms with Gasteiger partial charge in [0.2, 0.25) is 0 Å². The lowest BCUT2D eigenvalue weighted by molar-refractivity contribution is -0.0855. The summed E-state index contributed by atoms with van der Waals surface area (Å²) in [6.45, 7) is 3.61. The summed E-state index contributed by atoms with van der Waals surface area (Å²) in [5, 5.41) is 10.2. The molecule has 16 heavy (non-hydrogen) atoms. The van der Waals surface area contributed by atoms with E-state index in [1.807, 2.05) is 31.2 Å². The van der Waals surface area contributed by atoms with E-state index >= 15 is 0 Å². The molecule has 1 saturated heterocycles. The Morgan fingerprint density at radius 1 is 1.38 bits per heavy atom. The summed E-state index contributed by atoms with van der Waals surface area (Å²) in [7, 11) is 0. The SMILES string of the molecule is Cc1cccc(OCC2(O)CCOCC2)c1. The Morgan fingerprint density at radius 2 is 2.12 bits per heavy atom. The lowest BCUT2D eigenvalue weighted by atomic mass is 9.96. The summed E-state index contributed by atoms with van der Waals surface area (Å²) in [6.07, 6.45) is 1.30. The molecule has 3 nitrogen and oxygen atoms in total. The summed E-state index contributed by atoms with van der Waals surface area (Å²) < 4.78 is 10.8. The van der Waals surface area contributed by atoms with Gasteiger partial charge in [-0.3, -0.25) is 0 Å². The Hall–Kier alpha value is -1.06. The van der Waals surface area contributed by atoms with E-state index in [1.165, 1.54) is 0 Å². The molecule has 0 atom stereocenters. The Bertz CT molecular complexity index is 343. The van der Waals surface area contributed by atoms with E-state index in [0.29, 0.717) is 32.7 Å². The van der Waals surface area contributed by atoms with Crippen LogP contribution < -0.4 is 4.74 Å². The van der Waals surface area contributed by atoms with Gasteiger partial charge in [-0.15, -0.1) is 0 Å². The molecule has 0 bridgehead atoms. The third kappa shape index (κ3) is 2.97. The molecule has 1 aliphatic rings. The fraction of sp³-hybridized carbons (Fsp3) is 0.538. The molecule has 1 aromatic rings. The second-order valence-electron chi connectivity index (χ2n) is 4.44. The summed E-state index contributed by atoms with van der Waals surface area (Å²) in [6, 6.07) is 7.87. The van der Waals surface area contributed by atoms with E-state index in [9.17, 15) is 5.11 Å². The van der Waals surface area contributed by atoms with Crippen LogP contribution in [0.5, 0.6) is 5.75 Å². The highest BCUT2D eigenvalue weighted by molar-refractivity contribution is 5.27. The smallest absolute Gasteiger partial charge is 0.119 e. The molecule has 1 fully saturated rings. The van der Waals surface area contributed by atoms with Gasteiger partial charge in [0, 0.05) is 26.1 Å². The molecule has 1 heterocycles. The van der Waals surface area contributed by atoms with Crippen molar-refractivity contribution in [1.82, 2.24) is 0 Å². The predicted octanol–water partition coefficient (Wildman–Crippen LogP) is 1.92. The van der Waals surface area contributed by atoms with Gasteiger partial charge in [-0.05, 0) is 24.6 Å². The molecule has 0 spiro atoms. The van der Waals surface area contributed by atoms with Crippen LogP contribution in [0.3, 0.4) is 0 Å². The maximum atomic E-state index is 10.2. The van der Waals surface area contributed by atoms with Crippen LogP contribution in [-0.2, 0) is 4.74 Å². The molecule has 0 aromatic heterocycles. The molecule has 1 aliphatic heterocycles. The van der Waals surface area contributed by atoms with Gasteiger partial charge in [-0.25, -0.2) is 0 Å². The van der Waals surface area contributed by atoms with Crippen molar-refractivity contribution in [3.63, 3.8) is 0 Å². The molecular formula is C13H18O3. The Balaban J connectivity index is 1.91. The molecule has 0 unspecified atom stereocenters. The molecule has 0 radical (unpaired) electrons. The van der Waals surface area contributed by atoms with Gasteiger partial charge in [0.25, 0.3) is 0 Å². The van der Waals surface area contributed by atoms with E-state index in [4.69, 9.17) is 9.47 Å². The number of aliphatic hydroxyl groups is 1. The van der Waals surface area contributed by atoms with Gasteiger partial charge in [0.05, 0.1) is 0 Å². The summed E-state index contributed by atoms with van der Waals surface area (Å²) >= 11 is 0. The number of aryl methyl sites for hydroxylation is 1. The summed E-state index contributed by atoms with van der Waals surface area (Å²) in [5.74, 6) is 0.819. The molecule has 0 saturated carbocycles. The lowest BCUT2D eigenvalue weighted by Gasteiger charge is -2.31.